The molecule has 1 amide bonds. The zero-order chi connectivity index (χ0) is 17.5. The molecule has 1 fully saturated rings. The fourth-order valence-electron chi connectivity index (χ4n) is 3.40. The van der Waals surface area contributed by atoms with Crippen molar-refractivity contribution < 1.29 is 14.5 Å². The van der Waals surface area contributed by atoms with Gasteiger partial charge in [-0.25, -0.2) is 4.79 Å². The number of hydrogen-bond acceptors (Lipinski definition) is 4. The molecule has 6 nitrogen and oxygen atoms in total. The highest BCUT2D eigenvalue weighted by atomic mass is 16.6. The molecule has 0 N–H and O–H groups in total. The van der Waals surface area contributed by atoms with E-state index in [2.05, 4.69) is 6.08 Å². The van der Waals surface area contributed by atoms with Crippen molar-refractivity contribution in [1.29, 1.82) is 0 Å². The predicted molar refractivity (Wildman–Crippen MR) is 90.5 cm³/mol. The van der Waals surface area contributed by atoms with Gasteiger partial charge in [-0.3, -0.25) is 10.1 Å². The third kappa shape index (κ3) is 3.42. The molecule has 0 unspecified atom stereocenters. The Morgan fingerprint density at radius 2 is 1.92 bits per heavy atom. The Labute approximate surface area is 141 Å². The minimum atomic E-state index is -0.478. The lowest BCUT2D eigenvalue weighted by molar-refractivity contribution is -0.384. The van der Waals surface area contributed by atoms with Crippen molar-refractivity contribution >= 4 is 17.4 Å². The van der Waals surface area contributed by atoms with Gasteiger partial charge in [-0.2, -0.15) is 0 Å². The van der Waals surface area contributed by atoms with Crippen LogP contribution < -0.4 is 0 Å². The van der Waals surface area contributed by atoms with E-state index < -0.39 is 5.60 Å². The number of benzene rings is 1. The van der Waals surface area contributed by atoms with E-state index >= 15 is 0 Å². The average Bonchev–Trinajstić information content (AvgIpc) is 3.04. The fraction of sp³-hybridized carbons (Fsp3) is 0.500. The molecule has 0 radical (unpaired) electrons. The molecule has 0 spiro atoms. The van der Waals surface area contributed by atoms with E-state index in [0.717, 1.165) is 12.0 Å². The van der Waals surface area contributed by atoms with Crippen LogP contribution >= 0.6 is 0 Å². The Balaban J connectivity index is 1.66. The van der Waals surface area contributed by atoms with E-state index in [0.29, 0.717) is 24.9 Å². The zero-order valence-corrected chi connectivity index (χ0v) is 14.2. The van der Waals surface area contributed by atoms with Crippen LogP contribution in [0.4, 0.5) is 10.5 Å². The van der Waals surface area contributed by atoms with Gasteiger partial charge in [-0.15, -0.1) is 0 Å². The molecule has 0 bridgehead atoms. The lowest BCUT2D eigenvalue weighted by Crippen LogP contribution is -2.35. The number of likely N-dealkylation sites (tertiary alicyclic amines) is 1. The second kappa shape index (κ2) is 5.92. The number of allylic oxidation sites excluding steroid dienone is 1. The number of carbonyl (C=O) groups excluding carboxylic acids is 1. The van der Waals surface area contributed by atoms with Crippen molar-refractivity contribution in [3.63, 3.8) is 0 Å². The molecule has 3 rings (SSSR count). The maximum atomic E-state index is 12.2. The number of non-ortho nitro benzene ring substituents is 1. The summed E-state index contributed by atoms with van der Waals surface area (Å²) in [5.41, 5.74) is 1.87. The second-order valence-corrected chi connectivity index (χ2v) is 7.51. The van der Waals surface area contributed by atoms with E-state index in [4.69, 9.17) is 4.74 Å². The summed E-state index contributed by atoms with van der Waals surface area (Å²) in [4.78, 5) is 24.3. The van der Waals surface area contributed by atoms with Gasteiger partial charge >= 0.3 is 6.09 Å². The van der Waals surface area contributed by atoms with Gasteiger partial charge in [0.25, 0.3) is 5.69 Å². The van der Waals surface area contributed by atoms with E-state index in [1.165, 1.54) is 17.7 Å². The van der Waals surface area contributed by atoms with Crippen LogP contribution in [0.2, 0.25) is 0 Å². The number of carbonyl (C=O) groups is 1. The van der Waals surface area contributed by atoms with Crippen LogP contribution in [0.5, 0.6) is 0 Å². The minimum absolute atomic E-state index is 0.105. The molecule has 0 aromatic heterocycles. The first-order valence-electron chi connectivity index (χ1n) is 8.16. The van der Waals surface area contributed by atoms with E-state index in [1.54, 1.807) is 17.0 Å². The average molecular weight is 330 g/mol. The van der Waals surface area contributed by atoms with Crippen LogP contribution in [0.15, 0.2) is 30.3 Å². The first-order valence-corrected chi connectivity index (χ1v) is 8.16. The maximum absolute atomic E-state index is 12.2. The number of fused-ring (bicyclic) bond motifs is 1. The van der Waals surface area contributed by atoms with Crippen molar-refractivity contribution in [2.45, 2.75) is 32.8 Å². The molecule has 6 heteroatoms. The Morgan fingerprint density at radius 1 is 1.25 bits per heavy atom. The van der Waals surface area contributed by atoms with Crippen molar-refractivity contribution in [2.75, 3.05) is 13.1 Å². The minimum Gasteiger partial charge on any atom is -0.444 e. The van der Waals surface area contributed by atoms with Crippen molar-refractivity contribution in [1.82, 2.24) is 4.90 Å². The summed E-state index contributed by atoms with van der Waals surface area (Å²) in [5, 5.41) is 10.7. The summed E-state index contributed by atoms with van der Waals surface area (Å²) < 4.78 is 5.44. The first kappa shape index (κ1) is 16.5. The normalized spacial score (nSPS) is 23.0. The lowest BCUT2D eigenvalue weighted by atomic mass is 9.98. The van der Waals surface area contributed by atoms with E-state index in [-0.39, 0.29) is 16.7 Å². The van der Waals surface area contributed by atoms with E-state index in [1.807, 2.05) is 20.8 Å². The Bertz CT molecular complexity index is 688. The summed E-state index contributed by atoms with van der Waals surface area (Å²) in [6.45, 7) is 6.99. The lowest BCUT2D eigenvalue weighted by Gasteiger charge is -2.24. The molecule has 1 aromatic carbocycles. The van der Waals surface area contributed by atoms with Crippen LogP contribution in [0.3, 0.4) is 0 Å². The standard InChI is InChI=1S/C18H22N2O4/c1-18(2,3)24-17(21)19-10-14-8-13(9-15(14)11-19)12-4-6-16(7-5-12)20(22)23/h4-8,14-15H,9-11H2,1-3H3/t14-,15+/m0/s1. The quantitative estimate of drug-likeness (QED) is 0.609. The number of rotatable bonds is 2. The molecule has 2 aliphatic rings. The molecule has 24 heavy (non-hydrogen) atoms. The van der Waals surface area contributed by atoms with Crippen LogP contribution in [-0.4, -0.2) is 34.6 Å². The van der Waals surface area contributed by atoms with Crippen molar-refractivity contribution in [2.24, 2.45) is 11.8 Å². The number of amides is 1. The van der Waals surface area contributed by atoms with Crippen molar-refractivity contribution in [3.8, 4) is 0 Å². The predicted octanol–water partition coefficient (Wildman–Crippen LogP) is 3.87. The summed E-state index contributed by atoms with van der Waals surface area (Å²) in [6.07, 6.45) is 2.85. The van der Waals surface area contributed by atoms with Gasteiger partial charge in [0, 0.05) is 25.2 Å². The molecular formula is C18H22N2O4. The molecule has 1 aliphatic carbocycles. The highest BCUT2D eigenvalue weighted by Gasteiger charge is 2.39. The van der Waals surface area contributed by atoms with Gasteiger partial charge < -0.3 is 9.64 Å². The first-order chi connectivity index (χ1) is 11.2. The molecule has 0 saturated carbocycles. The summed E-state index contributed by atoms with van der Waals surface area (Å²) >= 11 is 0. The van der Waals surface area contributed by atoms with Crippen LogP contribution in [0, 0.1) is 22.0 Å². The fourth-order valence-corrected chi connectivity index (χ4v) is 3.40. The highest BCUT2D eigenvalue weighted by molar-refractivity contribution is 5.72. The van der Waals surface area contributed by atoms with Crippen LogP contribution in [-0.2, 0) is 4.74 Å². The summed E-state index contributed by atoms with van der Waals surface area (Å²) in [6, 6.07) is 6.68. The number of nitro groups is 1. The zero-order valence-electron chi connectivity index (χ0n) is 14.2. The number of hydrogen-bond donors (Lipinski definition) is 0. The molecule has 2 atom stereocenters. The van der Waals surface area contributed by atoms with Crippen LogP contribution in [0.25, 0.3) is 5.57 Å². The van der Waals surface area contributed by atoms with Crippen molar-refractivity contribution in [3.05, 3.63) is 46.0 Å². The molecule has 1 aromatic rings. The third-order valence-corrected chi connectivity index (χ3v) is 4.49. The molecule has 1 aliphatic heterocycles. The Morgan fingerprint density at radius 3 is 2.46 bits per heavy atom. The monoisotopic (exact) mass is 330 g/mol. The van der Waals surface area contributed by atoms with Gasteiger partial charge in [0.2, 0.25) is 0 Å². The molecule has 1 heterocycles. The second-order valence-electron chi connectivity index (χ2n) is 7.51. The maximum Gasteiger partial charge on any atom is 0.410 e. The van der Waals surface area contributed by atoms with E-state index in [9.17, 15) is 14.9 Å². The SMILES string of the molecule is CC(C)(C)OC(=O)N1C[C@H]2CC(c3ccc([N+](=O)[O-])cc3)=C[C@H]2C1. The number of ether oxygens (including phenoxy) is 1. The summed E-state index contributed by atoms with van der Waals surface area (Å²) in [5.74, 6) is 0.741. The van der Waals surface area contributed by atoms with Gasteiger partial charge in [0.05, 0.1) is 4.92 Å². The highest BCUT2D eigenvalue weighted by Crippen LogP contribution is 2.41. The third-order valence-electron chi connectivity index (χ3n) is 4.49. The van der Waals surface area contributed by atoms with Gasteiger partial charge in [0.1, 0.15) is 5.60 Å². The molecule has 1 saturated heterocycles. The molecule has 128 valence electrons. The largest absolute Gasteiger partial charge is 0.444 e. The topological polar surface area (TPSA) is 72.7 Å². The Hall–Kier alpha value is -2.37. The Kier molecular flexibility index (Phi) is 4.07. The number of nitrogens with zero attached hydrogens (tertiary/aromatic N) is 2. The smallest absolute Gasteiger partial charge is 0.410 e. The summed E-state index contributed by atoms with van der Waals surface area (Å²) in [7, 11) is 0. The number of nitro benzene ring substituents is 1. The van der Waals surface area contributed by atoms with Gasteiger partial charge in [-0.1, -0.05) is 6.08 Å². The van der Waals surface area contributed by atoms with Crippen LogP contribution in [0.1, 0.15) is 32.8 Å². The molecular weight excluding hydrogens is 308 g/mol. The van der Waals surface area contributed by atoms with Gasteiger partial charge in [0.15, 0.2) is 0 Å². The van der Waals surface area contributed by atoms with Gasteiger partial charge in [-0.05, 0) is 62.3 Å².